The van der Waals surface area contributed by atoms with E-state index >= 15 is 0 Å². The van der Waals surface area contributed by atoms with E-state index in [0.717, 1.165) is 6.07 Å². The molecule has 5 nitrogen and oxygen atoms in total. The van der Waals surface area contributed by atoms with Crippen LogP contribution in [-0.2, 0) is 4.79 Å². The lowest BCUT2D eigenvalue weighted by Gasteiger charge is -2.23. The lowest BCUT2D eigenvalue weighted by atomic mass is 9.92. The summed E-state index contributed by atoms with van der Waals surface area (Å²) in [7, 11) is 1.52. The van der Waals surface area contributed by atoms with Gasteiger partial charge < -0.3 is 16.4 Å². The molecule has 0 saturated carbocycles. The van der Waals surface area contributed by atoms with E-state index in [1.165, 1.54) is 19.2 Å². The molecule has 19 heavy (non-hydrogen) atoms. The topological polar surface area (TPSA) is 84.2 Å². The van der Waals surface area contributed by atoms with Crippen LogP contribution < -0.4 is 16.4 Å². The summed E-state index contributed by atoms with van der Waals surface area (Å²) >= 11 is 0. The largest absolute Gasteiger partial charge is 0.398 e. The summed E-state index contributed by atoms with van der Waals surface area (Å²) in [4.78, 5) is 23.4. The molecule has 0 aliphatic heterocycles. The average molecular weight is 267 g/mol. The van der Waals surface area contributed by atoms with Crippen LogP contribution in [0.25, 0.3) is 0 Å². The van der Waals surface area contributed by atoms with Crippen molar-refractivity contribution in [2.75, 3.05) is 19.3 Å². The number of hydrogen-bond donors (Lipinski definition) is 3. The van der Waals surface area contributed by atoms with Crippen LogP contribution in [0.1, 0.15) is 24.2 Å². The van der Waals surface area contributed by atoms with Crippen LogP contribution in [0, 0.1) is 11.2 Å². The first-order chi connectivity index (χ1) is 8.77. The minimum absolute atomic E-state index is 0.0627. The molecular formula is C13H18FN3O2. The number of carbonyl (C=O) groups excluding carboxylic acids is 2. The number of nitrogens with one attached hydrogen (secondary N) is 2. The van der Waals surface area contributed by atoms with Gasteiger partial charge in [-0.05, 0) is 32.0 Å². The molecule has 2 amide bonds. The second-order valence-corrected chi connectivity index (χ2v) is 4.88. The minimum Gasteiger partial charge on any atom is -0.398 e. The van der Waals surface area contributed by atoms with Crippen molar-refractivity contribution in [1.29, 1.82) is 0 Å². The molecule has 0 aliphatic rings. The van der Waals surface area contributed by atoms with Crippen molar-refractivity contribution >= 4 is 17.5 Å². The summed E-state index contributed by atoms with van der Waals surface area (Å²) in [5.41, 5.74) is 5.11. The fourth-order valence-electron chi connectivity index (χ4n) is 1.54. The van der Waals surface area contributed by atoms with Gasteiger partial charge in [0.05, 0.1) is 11.0 Å². The van der Waals surface area contributed by atoms with E-state index in [1.54, 1.807) is 13.8 Å². The van der Waals surface area contributed by atoms with Gasteiger partial charge >= 0.3 is 0 Å². The monoisotopic (exact) mass is 267 g/mol. The van der Waals surface area contributed by atoms with E-state index < -0.39 is 17.1 Å². The van der Waals surface area contributed by atoms with Crippen molar-refractivity contribution in [3.8, 4) is 0 Å². The Hall–Kier alpha value is -2.11. The Morgan fingerprint density at radius 2 is 2.00 bits per heavy atom. The Labute approximate surface area is 111 Å². The van der Waals surface area contributed by atoms with Gasteiger partial charge in [0.15, 0.2) is 0 Å². The van der Waals surface area contributed by atoms with Crippen LogP contribution in [0.15, 0.2) is 18.2 Å². The van der Waals surface area contributed by atoms with E-state index in [4.69, 9.17) is 5.73 Å². The van der Waals surface area contributed by atoms with Crippen LogP contribution in [0.3, 0.4) is 0 Å². The number of nitrogens with two attached hydrogens (primary N) is 1. The molecular weight excluding hydrogens is 249 g/mol. The summed E-state index contributed by atoms with van der Waals surface area (Å²) in [5.74, 6) is -1.24. The lowest BCUT2D eigenvalue weighted by Crippen LogP contribution is -2.43. The third kappa shape index (κ3) is 3.67. The Morgan fingerprint density at radius 1 is 1.37 bits per heavy atom. The summed E-state index contributed by atoms with van der Waals surface area (Å²) < 4.78 is 13.1. The highest BCUT2D eigenvalue weighted by atomic mass is 19.1. The molecule has 0 radical (unpaired) electrons. The van der Waals surface area contributed by atoms with Gasteiger partial charge in [-0.1, -0.05) is 0 Å². The van der Waals surface area contributed by atoms with Crippen molar-refractivity contribution in [2.24, 2.45) is 5.41 Å². The maximum absolute atomic E-state index is 13.1. The number of halogens is 1. The second kappa shape index (κ2) is 5.69. The fraction of sp³-hybridized carbons (Fsp3) is 0.385. The maximum atomic E-state index is 13.1. The zero-order valence-electron chi connectivity index (χ0n) is 11.2. The van der Waals surface area contributed by atoms with Gasteiger partial charge in [0.2, 0.25) is 5.91 Å². The molecule has 0 aromatic heterocycles. The maximum Gasteiger partial charge on any atom is 0.253 e. The molecule has 0 heterocycles. The van der Waals surface area contributed by atoms with Crippen LogP contribution in [0.2, 0.25) is 0 Å². The van der Waals surface area contributed by atoms with E-state index in [1.807, 2.05) is 0 Å². The van der Waals surface area contributed by atoms with Crippen molar-refractivity contribution < 1.29 is 14.0 Å². The molecule has 4 N–H and O–H groups in total. The first-order valence-corrected chi connectivity index (χ1v) is 5.83. The Balaban J connectivity index is 2.76. The minimum atomic E-state index is -0.757. The number of anilines is 1. The molecule has 104 valence electrons. The standard InChI is InChI=1S/C13H18FN3O2/c1-13(2,12(19)16-3)7-17-11(18)9-6-8(14)4-5-10(9)15/h4-6H,7,15H2,1-3H3,(H,16,19)(H,17,18). The van der Waals surface area contributed by atoms with E-state index in [-0.39, 0.29) is 23.7 Å². The molecule has 0 bridgehead atoms. The normalized spacial score (nSPS) is 10.9. The molecule has 0 atom stereocenters. The highest BCUT2D eigenvalue weighted by Crippen LogP contribution is 2.16. The van der Waals surface area contributed by atoms with Crippen molar-refractivity contribution in [1.82, 2.24) is 10.6 Å². The van der Waals surface area contributed by atoms with Crippen molar-refractivity contribution in [2.45, 2.75) is 13.8 Å². The SMILES string of the molecule is CNC(=O)C(C)(C)CNC(=O)c1cc(F)ccc1N. The molecule has 0 saturated heterocycles. The first-order valence-electron chi connectivity index (χ1n) is 5.83. The van der Waals surface area contributed by atoms with Gasteiger partial charge in [0, 0.05) is 19.3 Å². The molecule has 0 spiro atoms. The van der Waals surface area contributed by atoms with E-state index in [2.05, 4.69) is 10.6 Å². The highest BCUT2D eigenvalue weighted by Gasteiger charge is 2.27. The van der Waals surface area contributed by atoms with Crippen LogP contribution in [-0.4, -0.2) is 25.4 Å². The molecule has 1 aromatic rings. The van der Waals surface area contributed by atoms with Gasteiger partial charge in [-0.25, -0.2) is 4.39 Å². The average Bonchev–Trinajstić information content (AvgIpc) is 2.37. The molecule has 0 aliphatic carbocycles. The predicted molar refractivity (Wildman–Crippen MR) is 71.0 cm³/mol. The quantitative estimate of drug-likeness (QED) is 0.709. The third-order valence-corrected chi connectivity index (χ3v) is 2.79. The first kappa shape index (κ1) is 14.9. The number of amides is 2. The highest BCUT2D eigenvalue weighted by molar-refractivity contribution is 5.99. The van der Waals surface area contributed by atoms with E-state index in [9.17, 15) is 14.0 Å². The number of benzene rings is 1. The summed E-state index contributed by atoms with van der Waals surface area (Å²) in [5, 5.41) is 5.09. The van der Waals surface area contributed by atoms with E-state index in [0.29, 0.717) is 0 Å². The Morgan fingerprint density at radius 3 is 2.58 bits per heavy atom. The van der Waals surface area contributed by atoms with Crippen molar-refractivity contribution in [3.63, 3.8) is 0 Å². The van der Waals surface area contributed by atoms with Crippen LogP contribution >= 0.6 is 0 Å². The summed E-state index contributed by atoms with van der Waals surface area (Å²) in [6, 6.07) is 3.58. The van der Waals surface area contributed by atoms with Gasteiger partial charge in [0.1, 0.15) is 5.82 Å². The summed E-state index contributed by atoms with van der Waals surface area (Å²) in [6.45, 7) is 3.52. The Bertz CT molecular complexity index is 501. The van der Waals surface area contributed by atoms with Gasteiger partial charge in [-0.3, -0.25) is 9.59 Å². The zero-order chi connectivity index (χ0) is 14.6. The molecule has 1 rings (SSSR count). The smallest absolute Gasteiger partial charge is 0.253 e. The van der Waals surface area contributed by atoms with Gasteiger partial charge in [-0.2, -0.15) is 0 Å². The second-order valence-electron chi connectivity index (χ2n) is 4.88. The molecule has 6 heteroatoms. The van der Waals surface area contributed by atoms with Crippen LogP contribution in [0.5, 0.6) is 0 Å². The fourth-order valence-corrected chi connectivity index (χ4v) is 1.54. The number of hydrogen-bond acceptors (Lipinski definition) is 3. The van der Waals surface area contributed by atoms with Crippen molar-refractivity contribution in [3.05, 3.63) is 29.6 Å². The number of nitrogen functional groups attached to an aromatic ring is 1. The summed E-state index contributed by atoms with van der Waals surface area (Å²) in [6.07, 6.45) is 0. The number of rotatable bonds is 4. The predicted octanol–water partition coefficient (Wildman–Crippen LogP) is 0.910. The van der Waals surface area contributed by atoms with Crippen LogP contribution in [0.4, 0.5) is 10.1 Å². The zero-order valence-corrected chi connectivity index (χ0v) is 11.2. The third-order valence-electron chi connectivity index (χ3n) is 2.79. The molecule has 1 aromatic carbocycles. The lowest BCUT2D eigenvalue weighted by molar-refractivity contribution is -0.128. The van der Waals surface area contributed by atoms with Gasteiger partial charge in [-0.15, -0.1) is 0 Å². The Kier molecular flexibility index (Phi) is 4.47. The number of carbonyl (C=O) groups is 2. The van der Waals surface area contributed by atoms with Gasteiger partial charge in [0.25, 0.3) is 5.91 Å². The molecule has 0 fully saturated rings. The molecule has 0 unspecified atom stereocenters.